The maximum Gasteiger partial charge on any atom is 0.0436 e. The first-order valence-corrected chi connectivity index (χ1v) is 7.63. The first-order chi connectivity index (χ1) is 9.22. The average molecular weight is 261 g/mol. The van der Waals surface area contributed by atoms with Crippen molar-refractivity contribution in [3.05, 3.63) is 35.9 Å². The Bertz CT molecular complexity index is 368. The molecule has 1 fully saturated rings. The van der Waals surface area contributed by atoms with Crippen molar-refractivity contribution in [3.63, 3.8) is 0 Å². The minimum atomic E-state index is 0.175. The Morgan fingerprint density at radius 2 is 1.89 bits per heavy atom. The molecule has 0 saturated heterocycles. The van der Waals surface area contributed by atoms with Gasteiger partial charge in [-0.2, -0.15) is 0 Å². The van der Waals surface area contributed by atoms with Gasteiger partial charge in [-0.15, -0.1) is 0 Å². The summed E-state index contributed by atoms with van der Waals surface area (Å²) in [7, 11) is 0. The predicted molar refractivity (Wildman–Crippen MR) is 80.1 cm³/mol. The van der Waals surface area contributed by atoms with E-state index in [2.05, 4.69) is 37.3 Å². The lowest BCUT2D eigenvalue weighted by Crippen LogP contribution is -2.44. The van der Waals surface area contributed by atoms with Gasteiger partial charge in [0, 0.05) is 12.6 Å². The summed E-state index contributed by atoms with van der Waals surface area (Å²) >= 11 is 0. The summed E-state index contributed by atoms with van der Waals surface area (Å²) in [5.74, 6) is 0.678. The van der Waals surface area contributed by atoms with Crippen LogP contribution >= 0.6 is 0 Å². The molecule has 0 amide bonds. The number of aliphatic hydroxyl groups excluding tert-OH is 1. The van der Waals surface area contributed by atoms with Crippen LogP contribution in [-0.4, -0.2) is 17.8 Å². The van der Waals surface area contributed by atoms with Crippen LogP contribution in [0.15, 0.2) is 30.3 Å². The Kier molecular flexibility index (Phi) is 5.00. The van der Waals surface area contributed by atoms with E-state index in [1.165, 1.54) is 18.4 Å². The summed E-state index contributed by atoms with van der Waals surface area (Å²) in [5.41, 5.74) is 7.98. The van der Waals surface area contributed by atoms with Crippen LogP contribution in [0.4, 0.5) is 0 Å². The van der Waals surface area contributed by atoms with Crippen molar-refractivity contribution in [3.8, 4) is 0 Å². The Morgan fingerprint density at radius 3 is 2.42 bits per heavy atom. The normalized spacial score (nSPS) is 29.1. The molecule has 1 aromatic carbocycles. The lowest BCUT2D eigenvalue weighted by atomic mass is 9.63. The van der Waals surface area contributed by atoms with Crippen molar-refractivity contribution < 1.29 is 5.11 Å². The SMILES string of the molecule is CCC(N)C1(CCO)CCC(c2ccccc2)CC1. The zero-order valence-electron chi connectivity index (χ0n) is 12.0. The third-order valence-corrected chi connectivity index (χ3v) is 5.09. The Hall–Kier alpha value is -0.860. The molecule has 0 spiro atoms. The smallest absolute Gasteiger partial charge is 0.0436 e. The summed E-state index contributed by atoms with van der Waals surface area (Å²) < 4.78 is 0. The molecule has 0 bridgehead atoms. The van der Waals surface area contributed by atoms with Gasteiger partial charge in [0.05, 0.1) is 0 Å². The van der Waals surface area contributed by atoms with E-state index in [1.54, 1.807) is 0 Å². The van der Waals surface area contributed by atoms with Gasteiger partial charge in [0.1, 0.15) is 0 Å². The highest BCUT2D eigenvalue weighted by molar-refractivity contribution is 5.20. The van der Waals surface area contributed by atoms with E-state index in [0.29, 0.717) is 5.92 Å². The molecular weight excluding hydrogens is 234 g/mol. The summed E-state index contributed by atoms with van der Waals surface area (Å²) in [6.07, 6.45) is 6.60. The molecule has 1 unspecified atom stereocenters. The number of nitrogens with two attached hydrogens (primary N) is 1. The zero-order chi connectivity index (χ0) is 13.7. The van der Waals surface area contributed by atoms with Crippen molar-refractivity contribution in [2.75, 3.05) is 6.61 Å². The molecule has 3 N–H and O–H groups in total. The van der Waals surface area contributed by atoms with Crippen LogP contribution in [0.5, 0.6) is 0 Å². The molecule has 1 aromatic rings. The first-order valence-electron chi connectivity index (χ1n) is 7.63. The summed E-state index contributed by atoms with van der Waals surface area (Å²) in [6, 6.07) is 11.0. The predicted octanol–water partition coefficient (Wildman–Crippen LogP) is 3.45. The molecule has 1 saturated carbocycles. The molecule has 0 aromatic heterocycles. The van der Waals surface area contributed by atoms with Gasteiger partial charge in [-0.3, -0.25) is 0 Å². The second-order valence-corrected chi connectivity index (χ2v) is 6.04. The van der Waals surface area contributed by atoms with Crippen LogP contribution < -0.4 is 5.73 Å². The summed E-state index contributed by atoms with van der Waals surface area (Å²) in [4.78, 5) is 0. The van der Waals surface area contributed by atoms with Crippen molar-refractivity contribution >= 4 is 0 Å². The Balaban J connectivity index is 2.03. The molecule has 0 radical (unpaired) electrons. The molecule has 1 aliphatic carbocycles. The molecule has 19 heavy (non-hydrogen) atoms. The van der Waals surface area contributed by atoms with E-state index >= 15 is 0 Å². The summed E-state index contributed by atoms with van der Waals surface area (Å²) in [6.45, 7) is 2.43. The van der Waals surface area contributed by atoms with Crippen LogP contribution in [0.3, 0.4) is 0 Å². The highest BCUT2D eigenvalue weighted by Crippen LogP contribution is 2.47. The van der Waals surface area contributed by atoms with Crippen LogP contribution in [0, 0.1) is 5.41 Å². The van der Waals surface area contributed by atoms with Crippen molar-refractivity contribution in [1.29, 1.82) is 0 Å². The minimum absolute atomic E-state index is 0.175. The fourth-order valence-corrected chi connectivity index (χ4v) is 3.71. The van der Waals surface area contributed by atoms with E-state index in [4.69, 9.17) is 5.73 Å². The molecule has 1 atom stereocenters. The topological polar surface area (TPSA) is 46.2 Å². The number of rotatable bonds is 5. The van der Waals surface area contributed by atoms with Crippen molar-refractivity contribution in [2.45, 2.75) is 57.4 Å². The van der Waals surface area contributed by atoms with E-state index in [-0.39, 0.29) is 18.1 Å². The molecule has 106 valence electrons. The average Bonchev–Trinajstić information content (AvgIpc) is 2.48. The highest BCUT2D eigenvalue weighted by Gasteiger charge is 2.39. The van der Waals surface area contributed by atoms with Gasteiger partial charge in [-0.1, -0.05) is 37.3 Å². The number of benzene rings is 1. The maximum absolute atomic E-state index is 9.36. The van der Waals surface area contributed by atoms with Crippen LogP contribution in [0.25, 0.3) is 0 Å². The Morgan fingerprint density at radius 1 is 1.26 bits per heavy atom. The summed E-state index contributed by atoms with van der Waals surface area (Å²) in [5, 5.41) is 9.36. The molecule has 0 aliphatic heterocycles. The van der Waals surface area contributed by atoms with Gasteiger partial charge in [0.25, 0.3) is 0 Å². The number of hydrogen-bond donors (Lipinski definition) is 2. The molecule has 2 rings (SSSR count). The fourth-order valence-electron chi connectivity index (χ4n) is 3.71. The molecular formula is C17H27NO. The van der Waals surface area contributed by atoms with E-state index < -0.39 is 0 Å². The standard InChI is InChI=1S/C17H27NO/c1-2-16(18)17(12-13-19)10-8-15(9-11-17)14-6-4-3-5-7-14/h3-7,15-16,19H,2,8-13,18H2,1H3. The lowest BCUT2D eigenvalue weighted by molar-refractivity contribution is 0.0886. The highest BCUT2D eigenvalue weighted by atomic mass is 16.3. The van der Waals surface area contributed by atoms with Crippen LogP contribution in [-0.2, 0) is 0 Å². The fraction of sp³-hybridized carbons (Fsp3) is 0.647. The minimum Gasteiger partial charge on any atom is -0.396 e. The van der Waals surface area contributed by atoms with Crippen molar-refractivity contribution in [2.24, 2.45) is 11.1 Å². The Labute approximate surface area is 117 Å². The van der Waals surface area contributed by atoms with E-state index in [0.717, 1.165) is 25.7 Å². The van der Waals surface area contributed by atoms with Gasteiger partial charge >= 0.3 is 0 Å². The van der Waals surface area contributed by atoms with Gasteiger partial charge in [-0.25, -0.2) is 0 Å². The van der Waals surface area contributed by atoms with Gasteiger partial charge in [0.2, 0.25) is 0 Å². The monoisotopic (exact) mass is 261 g/mol. The van der Waals surface area contributed by atoms with Crippen LogP contribution in [0.1, 0.15) is 56.9 Å². The quantitative estimate of drug-likeness (QED) is 0.852. The second-order valence-electron chi connectivity index (χ2n) is 6.04. The van der Waals surface area contributed by atoms with Gasteiger partial charge in [0.15, 0.2) is 0 Å². The lowest BCUT2D eigenvalue weighted by Gasteiger charge is -2.44. The zero-order valence-corrected chi connectivity index (χ0v) is 12.0. The second kappa shape index (κ2) is 6.53. The molecule has 2 heteroatoms. The molecule has 2 nitrogen and oxygen atoms in total. The van der Waals surface area contributed by atoms with Crippen LogP contribution in [0.2, 0.25) is 0 Å². The third-order valence-electron chi connectivity index (χ3n) is 5.09. The number of aliphatic hydroxyl groups is 1. The maximum atomic E-state index is 9.36. The van der Waals surface area contributed by atoms with E-state index in [1.807, 2.05) is 0 Å². The largest absolute Gasteiger partial charge is 0.396 e. The number of hydrogen-bond acceptors (Lipinski definition) is 2. The molecule has 1 aliphatic rings. The van der Waals surface area contributed by atoms with Gasteiger partial charge in [-0.05, 0) is 55.4 Å². The molecule has 0 heterocycles. The van der Waals surface area contributed by atoms with Crippen molar-refractivity contribution in [1.82, 2.24) is 0 Å². The van der Waals surface area contributed by atoms with Gasteiger partial charge < -0.3 is 10.8 Å². The van der Waals surface area contributed by atoms with E-state index in [9.17, 15) is 5.11 Å². The first kappa shape index (κ1) is 14.5. The third kappa shape index (κ3) is 3.18.